The molecule has 3 saturated carbocycles. The molecule has 0 N–H and O–H groups in total. The van der Waals surface area contributed by atoms with E-state index in [0.29, 0.717) is 10.8 Å². The van der Waals surface area contributed by atoms with Crippen LogP contribution in [0.3, 0.4) is 0 Å². The Kier molecular flexibility index (Phi) is 9.13. The lowest BCUT2D eigenvalue weighted by Crippen LogP contribution is -2.51. The van der Waals surface area contributed by atoms with Crippen LogP contribution < -0.4 is 0 Å². The van der Waals surface area contributed by atoms with Gasteiger partial charge in [0.2, 0.25) is 0 Å². The van der Waals surface area contributed by atoms with Gasteiger partial charge in [0.1, 0.15) is 6.10 Å². The zero-order valence-corrected chi connectivity index (χ0v) is 25.9. The minimum atomic E-state index is -0.214. The van der Waals surface area contributed by atoms with Gasteiger partial charge in [-0.25, -0.2) is 4.79 Å². The summed E-state index contributed by atoms with van der Waals surface area (Å²) in [4.78, 5) is 12.6. The monoisotopic (exact) mass is 542 g/mol. The van der Waals surface area contributed by atoms with E-state index in [1.165, 1.54) is 51.4 Å². The summed E-state index contributed by atoms with van der Waals surface area (Å²) in [7, 11) is 0. The van der Waals surface area contributed by atoms with Crippen LogP contribution in [-0.4, -0.2) is 12.1 Å². The SMILES string of the molecule is CC(C)CCCC(C)C1CCC2C3CC=C4CC(OC(=O)C=CC=Cc5ccccc5)CCC4(C)C3CCC12C. The first-order valence-corrected chi connectivity index (χ1v) is 16.5. The van der Waals surface area contributed by atoms with Gasteiger partial charge in [0, 0.05) is 12.5 Å². The zero-order chi connectivity index (χ0) is 28.3. The standard InChI is InChI=1S/C38H54O2/c1-27(2)12-11-13-28(3)33-20-21-34-32-19-18-30-26-31(22-24-37(30,4)35(32)23-25-38(33,34)5)40-36(39)17-10-9-16-29-14-7-6-8-15-29/h6-10,14-18,27-28,31-35H,11-13,19-26H2,1-5H3. The van der Waals surface area contributed by atoms with E-state index in [2.05, 4.69) is 52.8 Å². The number of rotatable bonds is 9. The summed E-state index contributed by atoms with van der Waals surface area (Å²) < 4.78 is 5.95. The molecule has 1 aromatic carbocycles. The Hall–Kier alpha value is -2.09. The molecule has 2 heteroatoms. The van der Waals surface area contributed by atoms with E-state index >= 15 is 0 Å². The number of hydrogen-bond donors (Lipinski definition) is 0. The smallest absolute Gasteiger partial charge is 0.331 e. The lowest BCUT2D eigenvalue weighted by molar-refractivity contribution is -0.145. The first kappa shape index (κ1) is 29.4. The third-order valence-corrected chi connectivity index (χ3v) is 12.0. The second-order valence-corrected chi connectivity index (χ2v) is 14.7. The Bertz CT molecular complexity index is 1100. The predicted octanol–water partition coefficient (Wildman–Crippen LogP) is 10.2. The highest BCUT2D eigenvalue weighted by molar-refractivity contribution is 5.82. The molecule has 0 amide bonds. The predicted molar refractivity (Wildman–Crippen MR) is 168 cm³/mol. The Balaban J connectivity index is 1.18. The average Bonchev–Trinajstić information content (AvgIpc) is 3.29. The van der Waals surface area contributed by atoms with Crippen LogP contribution in [-0.2, 0) is 9.53 Å². The summed E-state index contributed by atoms with van der Waals surface area (Å²) in [6.07, 6.45) is 24.1. The van der Waals surface area contributed by atoms with E-state index in [0.717, 1.165) is 60.3 Å². The van der Waals surface area contributed by atoms with E-state index in [1.807, 2.05) is 30.4 Å². The van der Waals surface area contributed by atoms with Gasteiger partial charge < -0.3 is 4.74 Å². The largest absolute Gasteiger partial charge is 0.459 e. The number of carbonyl (C=O) groups is 1. The molecule has 0 aliphatic heterocycles. The fourth-order valence-corrected chi connectivity index (χ4v) is 9.82. The highest BCUT2D eigenvalue weighted by Crippen LogP contribution is 2.67. The normalized spacial score (nSPS) is 36.2. The van der Waals surface area contributed by atoms with Gasteiger partial charge in [-0.05, 0) is 96.8 Å². The van der Waals surface area contributed by atoms with Crippen molar-refractivity contribution in [3.8, 4) is 0 Å². The number of hydrogen-bond acceptors (Lipinski definition) is 2. The quantitative estimate of drug-likeness (QED) is 0.134. The minimum Gasteiger partial charge on any atom is -0.459 e. The van der Waals surface area contributed by atoms with Gasteiger partial charge in [0.25, 0.3) is 0 Å². The number of allylic oxidation sites excluding steroid dienone is 3. The molecule has 8 unspecified atom stereocenters. The van der Waals surface area contributed by atoms with Crippen molar-refractivity contribution in [2.75, 3.05) is 0 Å². The average molecular weight is 543 g/mol. The molecule has 5 rings (SSSR count). The number of ether oxygens (including phenoxy) is 1. The molecule has 40 heavy (non-hydrogen) atoms. The second kappa shape index (κ2) is 12.4. The van der Waals surface area contributed by atoms with E-state index < -0.39 is 0 Å². The fraction of sp³-hybridized carbons (Fsp3) is 0.658. The summed E-state index contributed by atoms with van der Waals surface area (Å²) in [5.41, 5.74) is 3.55. The van der Waals surface area contributed by atoms with Gasteiger partial charge in [0.15, 0.2) is 0 Å². The maximum atomic E-state index is 12.6. The fourth-order valence-electron chi connectivity index (χ4n) is 9.82. The molecule has 4 aliphatic rings. The molecule has 3 fully saturated rings. The minimum absolute atomic E-state index is 0.0162. The third kappa shape index (κ3) is 6.07. The van der Waals surface area contributed by atoms with Crippen molar-refractivity contribution >= 4 is 12.0 Å². The molecule has 0 saturated heterocycles. The number of benzene rings is 1. The highest BCUT2D eigenvalue weighted by Gasteiger charge is 2.59. The molecule has 1 aromatic rings. The topological polar surface area (TPSA) is 26.3 Å². The molecular weight excluding hydrogens is 488 g/mol. The molecule has 0 bridgehead atoms. The van der Waals surface area contributed by atoms with Crippen LogP contribution >= 0.6 is 0 Å². The lowest BCUT2D eigenvalue weighted by Gasteiger charge is -2.58. The van der Waals surface area contributed by atoms with Crippen LogP contribution in [0.25, 0.3) is 6.08 Å². The van der Waals surface area contributed by atoms with Gasteiger partial charge >= 0.3 is 5.97 Å². The van der Waals surface area contributed by atoms with Crippen molar-refractivity contribution in [1.82, 2.24) is 0 Å². The molecule has 4 aliphatic carbocycles. The molecule has 0 spiro atoms. The van der Waals surface area contributed by atoms with Crippen molar-refractivity contribution in [2.45, 2.75) is 111 Å². The van der Waals surface area contributed by atoms with Gasteiger partial charge in [0.05, 0.1) is 0 Å². The van der Waals surface area contributed by atoms with Gasteiger partial charge in [-0.3, -0.25) is 0 Å². The zero-order valence-electron chi connectivity index (χ0n) is 25.9. The van der Waals surface area contributed by atoms with E-state index in [-0.39, 0.29) is 12.1 Å². The van der Waals surface area contributed by atoms with E-state index in [1.54, 1.807) is 17.7 Å². The molecule has 0 radical (unpaired) electrons. The molecular formula is C38H54O2. The molecule has 8 atom stereocenters. The molecule has 0 aromatic heterocycles. The summed E-state index contributed by atoms with van der Waals surface area (Å²) in [5, 5.41) is 0. The second-order valence-electron chi connectivity index (χ2n) is 14.7. The van der Waals surface area contributed by atoms with Crippen molar-refractivity contribution < 1.29 is 9.53 Å². The lowest BCUT2D eigenvalue weighted by atomic mass is 9.47. The number of carbonyl (C=O) groups excluding carboxylic acids is 1. The van der Waals surface area contributed by atoms with Crippen LogP contribution in [0, 0.1) is 46.3 Å². The summed E-state index contributed by atoms with van der Waals surface area (Å²) in [5.74, 6) is 4.93. The Labute approximate surface area is 244 Å². The van der Waals surface area contributed by atoms with Crippen LogP contribution in [0.4, 0.5) is 0 Å². The maximum absolute atomic E-state index is 12.6. The highest BCUT2D eigenvalue weighted by atomic mass is 16.5. The molecule has 0 heterocycles. The third-order valence-electron chi connectivity index (χ3n) is 12.0. The molecule has 218 valence electrons. The van der Waals surface area contributed by atoms with E-state index in [4.69, 9.17) is 4.74 Å². The van der Waals surface area contributed by atoms with Gasteiger partial charge in [-0.15, -0.1) is 0 Å². The summed E-state index contributed by atoms with van der Waals surface area (Å²) in [6, 6.07) is 10.1. The molecule has 2 nitrogen and oxygen atoms in total. The Morgan fingerprint density at radius 3 is 2.55 bits per heavy atom. The summed E-state index contributed by atoms with van der Waals surface area (Å²) >= 11 is 0. The number of fused-ring (bicyclic) bond motifs is 5. The van der Waals surface area contributed by atoms with Crippen LogP contribution in [0.5, 0.6) is 0 Å². The first-order chi connectivity index (χ1) is 19.2. The Morgan fingerprint density at radius 1 is 0.975 bits per heavy atom. The van der Waals surface area contributed by atoms with Crippen molar-refractivity contribution in [3.05, 3.63) is 65.8 Å². The van der Waals surface area contributed by atoms with Gasteiger partial charge in [-0.1, -0.05) is 114 Å². The van der Waals surface area contributed by atoms with Crippen molar-refractivity contribution in [2.24, 2.45) is 46.3 Å². The van der Waals surface area contributed by atoms with Crippen LogP contribution in [0.2, 0.25) is 0 Å². The van der Waals surface area contributed by atoms with Crippen molar-refractivity contribution in [3.63, 3.8) is 0 Å². The van der Waals surface area contributed by atoms with Gasteiger partial charge in [-0.2, -0.15) is 0 Å². The van der Waals surface area contributed by atoms with E-state index in [9.17, 15) is 4.79 Å². The maximum Gasteiger partial charge on any atom is 0.331 e. The Morgan fingerprint density at radius 2 is 1.77 bits per heavy atom. The first-order valence-electron chi connectivity index (χ1n) is 16.5. The van der Waals surface area contributed by atoms with Crippen LogP contribution in [0.1, 0.15) is 111 Å². The summed E-state index contributed by atoms with van der Waals surface area (Å²) in [6.45, 7) is 12.5. The van der Waals surface area contributed by atoms with Crippen molar-refractivity contribution in [1.29, 1.82) is 0 Å². The number of esters is 1. The van der Waals surface area contributed by atoms with Crippen LogP contribution in [0.15, 0.2) is 60.2 Å².